The number of piperazine rings is 1. The summed E-state index contributed by atoms with van der Waals surface area (Å²) in [4.78, 5) is 25.4. The van der Waals surface area contributed by atoms with Gasteiger partial charge in [-0.25, -0.2) is 4.98 Å². The number of thiazole rings is 1. The van der Waals surface area contributed by atoms with Gasteiger partial charge in [-0.2, -0.15) is 15.0 Å². The number of hydrogen-bond donors (Lipinski definition) is 1. The van der Waals surface area contributed by atoms with Crippen LogP contribution in [0.1, 0.15) is 0 Å². The van der Waals surface area contributed by atoms with Crippen LogP contribution in [0.2, 0.25) is 0 Å². The smallest absolute Gasteiger partial charge is 0.234 e. The summed E-state index contributed by atoms with van der Waals surface area (Å²) in [6.07, 6.45) is 1.88. The molecular weight excluding hydrogens is 438 g/mol. The van der Waals surface area contributed by atoms with Gasteiger partial charge in [0.15, 0.2) is 10.3 Å². The second-order valence-electron chi connectivity index (χ2n) is 7.47. The van der Waals surface area contributed by atoms with Crippen LogP contribution in [0.3, 0.4) is 0 Å². The first-order chi connectivity index (χ1) is 15.7. The average molecular weight is 462 g/mol. The van der Waals surface area contributed by atoms with Crippen LogP contribution in [0, 0.1) is 0 Å². The third-order valence-electron chi connectivity index (χ3n) is 5.12. The van der Waals surface area contributed by atoms with Gasteiger partial charge in [0.1, 0.15) is 0 Å². The fourth-order valence-corrected chi connectivity index (χ4v) is 4.93. The van der Waals surface area contributed by atoms with Gasteiger partial charge in [-0.3, -0.25) is 5.32 Å². The van der Waals surface area contributed by atoms with E-state index in [0.717, 1.165) is 46.6 Å². The standard InChI is InChI=1S/C23H23N7S2/c1-29-12-14-30(15-13-29)21-25-20(27-23(28-21)31-18-10-6-3-7-11-18)26-22-24-16-19(32-22)17-8-4-2-5-9-17/h2-11,16H,12-15H2,1H3,(H,24,25,26,27,28). The van der Waals surface area contributed by atoms with Crippen molar-refractivity contribution in [3.63, 3.8) is 0 Å². The number of nitrogens with zero attached hydrogens (tertiary/aromatic N) is 6. The summed E-state index contributed by atoms with van der Waals surface area (Å²) in [5, 5.41) is 4.73. The summed E-state index contributed by atoms with van der Waals surface area (Å²) in [5.74, 6) is 1.22. The number of likely N-dealkylation sites (N-methyl/N-ethyl adjacent to an activating group) is 1. The molecule has 2 aromatic carbocycles. The lowest BCUT2D eigenvalue weighted by Crippen LogP contribution is -2.45. The summed E-state index contributed by atoms with van der Waals surface area (Å²) in [5.41, 5.74) is 1.15. The minimum atomic E-state index is 0.515. The Hall–Kier alpha value is -3.01. The Kier molecular flexibility index (Phi) is 6.29. The van der Waals surface area contributed by atoms with Crippen molar-refractivity contribution < 1.29 is 0 Å². The molecule has 1 aliphatic heterocycles. The van der Waals surface area contributed by atoms with Gasteiger partial charge < -0.3 is 9.80 Å². The molecule has 5 rings (SSSR count). The zero-order valence-corrected chi connectivity index (χ0v) is 19.3. The summed E-state index contributed by atoms with van der Waals surface area (Å²) < 4.78 is 0. The molecular formula is C23H23N7S2. The van der Waals surface area contributed by atoms with Crippen LogP contribution in [0.5, 0.6) is 0 Å². The van der Waals surface area contributed by atoms with Crippen LogP contribution in [-0.2, 0) is 0 Å². The van der Waals surface area contributed by atoms with E-state index in [9.17, 15) is 0 Å². The Morgan fingerprint density at radius 3 is 2.34 bits per heavy atom. The van der Waals surface area contributed by atoms with E-state index in [1.165, 1.54) is 11.8 Å². The second-order valence-corrected chi connectivity index (χ2v) is 9.54. The maximum absolute atomic E-state index is 4.76. The Balaban J connectivity index is 1.42. The highest BCUT2D eigenvalue weighted by Gasteiger charge is 2.19. The van der Waals surface area contributed by atoms with Crippen molar-refractivity contribution in [2.75, 3.05) is 43.4 Å². The molecule has 2 aromatic heterocycles. The maximum Gasteiger partial charge on any atom is 0.234 e. The van der Waals surface area contributed by atoms with Crippen LogP contribution in [0.25, 0.3) is 10.4 Å². The number of nitrogens with one attached hydrogen (secondary N) is 1. The number of hydrogen-bond acceptors (Lipinski definition) is 9. The molecule has 0 bridgehead atoms. The molecule has 32 heavy (non-hydrogen) atoms. The highest BCUT2D eigenvalue weighted by Crippen LogP contribution is 2.31. The Morgan fingerprint density at radius 2 is 1.59 bits per heavy atom. The highest BCUT2D eigenvalue weighted by atomic mass is 32.2. The molecule has 162 valence electrons. The molecule has 0 radical (unpaired) electrons. The maximum atomic E-state index is 4.76. The van der Waals surface area contributed by atoms with Crippen molar-refractivity contribution in [3.8, 4) is 10.4 Å². The van der Waals surface area contributed by atoms with Crippen molar-refractivity contribution in [1.82, 2.24) is 24.8 Å². The van der Waals surface area contributed by atoms with Gasteiger partial charge in [0.25, 0.3) is 0 Å². The van der Waals surface area contributed by atoms with E-state index in [-0.39, 0.29) is 0 Å². The zero-order chi connectivity index (χ0) is 21.8. The third-order valence-corrected chi connectivity index (χ3v) is 6.96. The Morgan fingerprint density at radius 1 is 0.875 bits per heavy atom. The number of rotatable bonds is 6. The van der Waals surface area contributed by atoms with Crippen molar-refractivity contribution in [1.29, 1.82) is 0 Å². The Bertz CT molecular complexity index is 1160. The predicted molar refractivity (Wildman–Crippen MR) is 131 cm³/mol. The van der Waals surface area contributed by atoms with Gasteiger partial charge in [0, 0.05) is 37.3 Å². The van der Waals surface area contributed by atoms with Gasteiger partial charge in [-0.05, 0) is 36.5 Å². The van der Waals surface area contributed by atoms with E-state index in [4.69, 9.17) is 9.97 Å². The molecule has 1 fully saturated rings. The van der Waals surface area contributed by atoms with Crippen molar-refractivity contribution in [3.05, 3.63) is 66.9 Å². The first-order valence-electron chi connectivity index (χ1n) is 10.4. The van der Waals surface area contributed by atoms with Crippen molar-refractivity contribution in [2.24, 2.45) is 0 Å². The van der Waals surface area contributed by atoms with Gasteiger partial charge >= 0.3 is 0 Å². The minimum Gasteiger partial charge on any atom is -0.338 e. The van der Waals surface area contributed by atoms with Gasteiger partial charge in [0.05, 0.1) is 4.88 Å². The zero-order valence-electron chi connectivity index (χ0n) is 17.7. The van der Waals surface area contributed by atoms with Crippen molar-refractivity contribution >= 4 is 40.1 Å². The lowest BCUT2D eigenvalue weighted by molar-refractivity contribution is 0.311. The molecule has 1 saturated heterocycles. The second kappa shape index (κ2) is 9.64. The molecule has 0 aliphatic carbocycles. The summed E-state index contributed by atoms with van der Waals surface area (Å²) >= 11 is 3.12. The lowest BCUT2D eigenvalue weighted by atomic mass is 10.2. The SMILES string of the molecule is CN1CCN(c2nc(Nc3ncc(-c4ccccc4)s3)nc(Sc3ccccc3)n2)CC1. The molecule has 7 nitrogen and oxygen atoms in total. The van der Waals surface area contributed by atoms with E-state index >= 15 is 0 Å². The van der Waals surface area contributed by atoms with E-state index in [0.29, 0.717) is 17.1 Å². The monoisotopic (exact) mass is 461 g/mol. The van der Waals surface area contributed by atoms with E-state index < -0.39 is 0 Å². The average Bonchev–Trinajstić information content (AvgIpc) is 3.29. The first-order valence-corrected chi connectivity index (χ1v) is 12.1. The van der Waals surface area contributed by atoms with Crippen LogP contribution < -0.4 is 10.2 Å². The minimum absolute atomic E-state index is 0.515. The number of aromatic nitrogens is 4. The van der Waals surface area contributed by atoms with Gasteiger partial charge in [-0.1, -0.05) is 59.9 Å². The fourth-order valence-electron chi connectivity index (χ4n) is 3.35. The largest absolute Gasteiger partial charge is 0.338 e. The summed E-state index contributed by atoms with van der Waals surface area (Å²) in [6.45, 7) is 3.76. The normalized spacial score (nSPS) is 14.5. The van der Waals surface area contributed by atoms with Gasteiger partial charge in [0.2, 0.25) is 11.9 Å². The van der Waals surface area contributed by atoms with Crippen LogP contribution in [-0.4, -0.2) is 58.1 Å². The van der Waals surface area contributed by atoms with Gasteiger partial charge in [-0.15, -0.1) is 0 Å². The van der Waals surface area contributed by atoms with Crippen LogP contribution in [0.15, 0.2) is 76.9 Å². The van der Waals surface area contributed by atoms with Crippen molar-refractivity contribution in [2.45, 2.75) is 10.1 Å². The van der Waals surface area contributed by atoms with E-state index in [1.807, 2.05) is 42.6 Å². The molecule has 9 heteroatoms. The topological polar surface area (TPSA) is 70.1 Å². The summed E-state index contributed by atoms with van der Waals surface area (Å²) in [7, 11) is 2.14. The molecule has 3 heterocycles. The molecule has 0 spiro atoms. The molecule has 0 unspecified atom stereocenters. The molecule has 1 N–H and O–H groups in total. The number of benzene rings is 2. The summed E-state index contributed by atoms with van der Waals surface area (Å²) in [6, 6.07) is 20.4. The fraction of sp³-hybridized carbons (Fsp3) is 0.217. The predicted octanol–water partition coefficient (Wildman–Crippen LogP) is 4.64. The highest BCUT2D eigenvalue weighted by molar-refractivity contribution is 7.99. The number of anilines is 3. The molecule has 0 saturated carbocycles. The van der Waals surface area contributed by atoms with E-state index in [1.54, 1.807) is 11.3 Å². The lowest BCUT2D eigenvalue weighted by Gasteiger charge is -2.32. The third kappa shape index (κ3) is 5.07. The Labute approximate surface area is 195 Å². The molecule has 0 atom stereocenters. The van der Waals surface area contributed by atoms with Crippen LogP contribution in [0.4, 0.5) is 17.0 Å². The van der Waals surface area contributed by atoms with E-state index in [2.05, 4.69) is 56.4 Å². The van der Waals surface area contributed by atoms with Crippen LogP contribution >= 0.6 is 23.1 Å². The first kappa shape index (κ1) is 20.9. The molecule has 1 aliphatic rings. The quantitative estimate of drug-likeness (QED) is 0.445. The molecule has 4 aromatic rings. The molecule has 0 amide bonds.